The Kier molecular flexibility index (Phi) is 3.37. The Labute approximate surface area is 87.8 Å². The van der Waals surface area contributed by atoms with Crippen LogP contribution in [0.3, 0.4) is 0 Å². The second-order valence-corrected chi connectivity index (χ2v) is 4.62. The van der Waals surface area contributed by atoms with Gasteiger partial charge in [-0.3, -0.25) is 14.7 Å². The van der Waals surface area contributed by atoms with Crippen LogP contribution in [0.4, 0.5) is 14.5 Å². The number of nitrogens with zero attached hydrogens (tertiary/aromatic N) is 1. The number of rotatable bonds is 3. The fourth-order valence-corrected chi connectivity index (χ4v) is 1.75. The van der Waals surface area contributed by atoms with Gasteiger partial charge < -0.3 is 9.79 Å². The lowest BCUT2D eigenvalue weighted by molar-refractivity contribution is -0.387. The molecule has 0 saturated heterocycles. The van der Waals surface area contributed by atoms with E-state index in [1.54, 1.807) is 0 Å². The maximum Gasteiger partial charge on any atom is 0.330 e. The standard InChI is InChI=1S/C7H6F2NO5P/c8-5-2-7(10(11)12)6(9)1-4(5)3-16(13,14)15/h1-2H,3H2,(H2,13,14,15). The summed E-state index contributed by atoms with van der Waals surface area (Å²) < 4.78 is 36.7. The van der Waals surface area contributed by atoms with Crippen LogP contribution >= 0.6 is 7.60 Å². The van der Waals surface area contributed by atoms with Crippen LogP contribution in [0, 0.1) is 21.7 Å². The topological polar surface area (TPSA) is 101 Å². The molecule has 16 heavy (non-hydrogen) atoms. The van der Waals surface area contributed by atoms with Crippen LogP contribution in [-0.2, 0) is 10.7 Å². The molecule has 0 aliphatic carbocycles. The second-order valence-electron chi connectivity index (χ2n) is 2.97. The van der Waals surface area contributed by atoms with E-state index >= 15 is 0 Å². The molecule has 0 spiro atoms. The highest BCUT2D eigenvalue weighted by Gasteiger charge is 2.23. The molecule has 0 aliphatic rings. The Hall–Kier alpha value is -1.37. The van der Waals surface area contributed by atoms with Crippen LogP contribution in [0.25, 0.3) is 0 Å². The van der Waals surface area contributed by atoms with Gasteiger partial charge in [-0.1, -0.05) is 0 Å². The molecule has 0 atom stereocenters. The Morgan fingerprint density at radius 3 is 2.31 bits per heavy atom. The molecular weight excluding hydrogens is 247 g/mol. The Bertz CT molecular complexity index is 486. The van der Waals surface area contributed by atoms with Crippen LogP contribution in [0.5, 0.6) is 0 Å². The van der Waals surface area contributed by atoms with Gasteiger partial charge in [-0.25, -0.2) is 4.39 Å². The van der Waals surface area contributed by atoms with E-state index in [2.05, 4.69) is 0 Å². The van der Waals surface area contributed by atoms with Gasteiger partial charge in [0.2, 0.25) is 5.82 Å². The molecule has 1 aromatic carbocycles. The average molecular weight is 253 g/mol. The van der Waals surface area contributed by atoms with Crippen LogP contribution in [0.15, 0.2) is 12.1 Å². The molecule has 1 rings (SSSR count). The third-order valence-corrected chi connectivity index (χ3v) is 2.44. The first kappa shape index (κ1) is 12.7. The van der Waals surface area contributed by atoms with Gasteiger partial charge in [0.25, 0.3) is 0 Å². The monoisotopic (exact) mass is 253 g/mol. The first-order valence-electron chi connectivity index (χ1n) is 3.87. The average Bonchev–Trinajstić information content (AvgIpc) is 2.07. The molecule has 0 aromatic heterocycles. The predicted molar refractivity (Wildman–Crippen MR) is 48.8 cm³/mol. The Morgan fingerprint density at radius 2 is 1.88 bits per heavy atom. The summed E-state index contributed by atoms with van der Waals surface area (Å²) in [6, 6.07) is 0.701. The van der Waals surface area contributed by atoms with Crippen molar-refractivity contribution in [3.63, 3.8) is 0 Å². The molecule has 6 nitrogen and oxygen atoms in total. The van der Waals surface area contributed by atoms with Gasteiger partial charge in [0, 0.05) is 5.56 Å². The molecule has 2 N–H and O–H groups in total. The van der Waals surface area contributed by atoms with Gasteiger partial charge in [0.15, 0.2) is 0 Å². The minimum atomic E-state index is -4.55. The highest BCUT2D eigenvalue weighted by atomic mass is 31.2. The summed E-state index contributed by atoms with van der Waals surface area (Å²) in [7, 11) is -4.55. The molecule has 0 aliphatic heterocycles. The summed E-state index contributed by atoms with van der Waals surface area (Å²) in [5, 5.41) is 10.2. The summed E-state index contributed by atoms with van der Waals surface area (Å²) >= 11 is 0. The predicted octanol–water partition coefficient (Wildman–Crippen LogP) is 1.55. The van der Waals surface area contributed by atoms with Crippen molar-refractivity contribution in [1.82, 2.24) is 0 Å². The van der Waals surface area contributed by atoms with E-state index in [0.717, 1.165) is 0 Å². The number of nitro benzene ring substituents is 1. The van der Waals surface area contributed by atoms with Crippen LogP contribution in [0.1, 0.15) is 5.56 Å². The minimum absolute atomic E-state index is 0.292. The Balaban J connectivity index is 3.21. The zero-order valence-corrected chi connectivity index (χ0v) is 8.53. The van der Waals surface area contributed by atoms with Crippen molar-refractivity contribution in [2.75, 3.05) is 0 Å². The molecule has 88 valence electrons. The van der Waals surface area contributed by atoms with E-state index < -0.39 is 41.6 Å². The maximum atomic E-state index is 13.1. The van der Waals surface area contributed by atoms with E-state index in [0.29, 0.717) is 12.1 Å². The molecule has 0 fully saturated rings. The molecule has 0 radical (unpaired) electrons. The molecule has 9 heteroatoms. The fraction of sp³-hybridized carbons (Fsp3) is 0.143. The number of hydrogen-bond donors (Lipinski definition) is 2. The molecule has 0 heterocycles. The minimum Gasteiger partial charge on any atom is -0.324 e. The van der Waals surface area contributed by atoms with Gasteiger partial charge in [0.1, 0.15) is 5.82 Å². The summed E-state index contributed by atoms with van der Waals surface area (Å²) in [6.07, 6.45) is -1.01. The van der Waals surface area contributed by atoms with Crippen molar-refractivity contribution in [3.8, 4) is 0 Å². The van der Waals surface area contributed by atoms with Gasteiger partial charge in [-0.15, -0.1) is 0 Å². The third kappa shape index (κ3) is 3.06. The second kappa shape index (κ2) is 4.25. The summed E-state index contributed by atoms with van der Waals surface area (Å²) in [4.78, 5) is 26.2. The van der Waals surface area contributed by atoms with Crippen molar-refractivity contribution >= 4 is 13.3 Å². The smallest absolute Gasteiger partial charge is 0.324 e. The number of halogens is 2. The largest absolute Gasteiger partial charge is 0.330 e. The molecule has 0 bridgehead atoms. The lowest BCUT2D eigenvalue weighted by atomic mass is 10.2. The molecule has 0 amide bonds. The van der Waals surface area contributed by atoms with Crippen LogP contribution in [-0.4, -0.2) is 14.7 Å². The molecule has 1 aromatic rings. The molecule has 0 saturated carbocycles. The van der Waals surface area contributed by atoms with Crippen molar-refractivity contribution in [2.24, 2.45) is 0 Å². The maximum absolute atomic E-state index is 13.1. The summed E-state index contributed by atoms with van der Waals surface area (Å²) in [5.74, 6) is -2.56. The number of hydrogen-bond acceptors (Lipinski definition) is 3. The van der Waals surface area contributed by atoms with Crippen LogP contribution in [0.2, 0.25) is 0 Å². The van der Waals surface area contributed by atoms with E-state index in [1.807, 2.05) is 0 Å². The lowest BCUT2D eigenvalue weighted by Gasteiger charge is -2.05. The van der Waals surface area contributed by atoms with E-state index in [-0.39, 0.29) is 0 Å². The van der Waals surface area contributed by atoms with Gasteiger partial charge >= 0.3 is 13.3 Å². The highest BCUT2D eigenvalue weighted by Crippen LogP contribution is 2.40. The van der Waals surface area contributed by atoms with E-state index in [9.17, 15) is 23.5 Å². The van der Waals surface area contributed by atoms with E-state index in [4.69, 9.17) is 9.79 Å². The van der Waals surface area contributed by atoms with Crippen LogP contribution < -0.4 is 0 Å². The summed E-state index contributed by atoms with van der Waals surface area (Å²) in [5.41, 5.74) is -1.68. The van der Waals surface area contributed by atoms with Crippen molar-refractivity contribution in [3.05, 3.63) is 39.4 Å². The quantitative estimate of drug-likeness (QED) is 0.483. The number of nitro groups is 1. The summed E-state index contributed by atoms with van der Waals surface area (Å²) in [6.45, 7) is 0. The zero-order chi connectivity index (χ0) is 12.5. The fourth-order valence-electron chi connectivity index (χ4n) is 1.06. The Morgan fingerprint density at radius 1 is 1.31 bits per heavy atom. The van der Waals surface area contributed by atoms with Gasteiger partial charge in [-0.2, -0.15) is 4.39 Å². The number of benzene rings is 1. The molecule has 0 unspecified atom stereocenters. The first-order chi connectivity index (χ1) is 7.20. The van der Waals surface area contributed by atoms with Crippen molar-refractivity contribution in [2.45, 2.75) is 6.16 Å². The highest BCUT2D eigenvalue weighted by molar-refractivity contribution is 7.50. The first-order valence-corrected chi connectivity index (χ1v) is 5.67. The normalized spacial score (nSPS) is 11.5. The van der Waals surface area contributed by atoms with Crippen molar-refractivity contribution < 1.29 is 28.1 Å². The lowest BCUT2D eigenvalue weighted by Crippen LogP contribution is -1.98. The van der Waals surface area contributed by atoms with Gasteiger partial charge in [0.05, 0.1) is 17.2 Å². The zero-order valence-electron chi connectivity index (χ0n) is 7.63. The third-order valence-electron chi connectivity index (χ3n) is 1.69. The molecular formula is C7H6F2NO5P. The SMILES string of the molecule is O=[N+]([O-])c1cc(F)c(CP(=O)(O)O)cc1F. The van der Waals surface area contributed by atoms with Crippen molar-refractivity contribution in [1.29, 1.82) is 0 Å². The van der Waals surface area contributed by atoms with E-state index in [1.165, 1.54) is 0 Å². The van der Waals surface area contributed by atoms with Gasteiger partial charge in [-0.05, 0) is 6.07 Å².